The SMILES string of the molecule is C[C@H](C#N)Oc1cc([C@@](Cc2ccccc2)(NC(=O)c2cccc(C(F)(F)F)c2)c2cc(F)cc(C(F)(F)F)c2)ccc1F. The molecule has 44 heavy (non-hydrogen) atoms. The average Bonchev–Trinajstić information content (AvgIpc) is 2.97. The zero-order chi connectivity index (χ0) is 32.3. The van der Waals surface area contributed by atoms with E-state index in [9.17, 15) is 39.9 Å². The van der Waals surface area contributed by atoms with Gasteiger partial charge in [-0.05, 0) is 72.1 Å². The van der Waals surface area contributed by atoms with E-state index >= 15 is 0 Å². The van der Waals surface area contributed by atoms with Gasteiger partial charge in [-0.1, -0.05) is 42.5 Å². The molecule has 4 aromatic carbocycles. The summed E-state index contributed by atoms with van der Waals surface area (Å²) >= 11 is 0. The molecule has 0 aromatic heterocycles. The number of ether oxygens (including phenoxy) is 1. The van der Waals surface area contributed by atoms with Crippen molar-refractivity contribution in [2.24, 2.45) is 0 Å². The highest BCUT2D eigenvalue weighted by molar-refractivity contribution is 5.95. The Morgan fingerprint density at radius 3 is 2.09 bits per heavy atom. The van der Waals surface area contributed by atoms with Crippen molar-refractivity contribution in [3.05, 3.63) is 136 Å². The maximum absolute atomic E-state index is 14.9. The Balaban J connectivity index is 2.03. The van der Waals surface area contributed by atoms with E-state index in [1.165, 1.54) is 6.92 Å². The first kappa shape index (κ1) is 32.0. The van der Waals surface area contributed by atoms with Crippen molar-refractivity contribution in [3.63, 3.8) is 0 Å². The Kier molecular flexibility index (Phi) is 8.99. The van der Waals surface area contributed by atoms with Crippen LogP contribution in [0.25, 0.3) is 0 Å². The van der Waals surface area contributed by atoms with Crippen LogP contribution >= 0.6 is 0 Å². The van der Waals surface area contributed by atoms with E-state index in [4.69, 9.17) is 10.00 Å². The normalized spacial score (nSPS) is 13.8. The summed E-state index contributed by atoms with van der Waals surface area (Å²) < 4.78 is 117. The molecular formula is C32H22F8N2O2. The molecule has 4 nitrogen and oxygen atoms in total. The van der Waals surface area contributed by atoms with Crippen LogP contribution in [-0.4, -0.2) is 12.0 Å². The molecule has 0 bridgehead atoms. The number of alkyl halides is 6. The van der Waals surface area contributed by atoms with Crippen LogP contribution in [0.2, 0.25) is 0 Å². The van der Waals surface area contributed by atoms with Gasteiger partial charge in [0.15, 0.2) is 17.7 Å². The lowest BCUT2D eigenvalue weighted by atomic mass is 9.77. The van der Waals surface area contributed by atoms with Crippen LogP contribution in [0.15, 0.2) is 91.0 Å². The van der Waals surface area contributed by atoms with Crippen molar-refractivity contribution in [2.45, 2.75) is 37.3 Å². The molecule has 0 radical (unpaired) electrons. The van der Waals surface area contributed by atoms with E-state index in [-0.39, 0.29) is 18.1 Å². The highest BCUT2D eigenvalue weighted by Crippen LogP contribution is 2.40. The molecule has 0 heterocycles. The number of halogens is 8. The molecule has 0 unspecified atom stereocenters. The van der Waals surface area contributed by atoms with Crippen LogP contribution in [0.5, 0.6) is 5.75 Å². The van der Waals surface area contributed by atoms with Crippen molar-refractivity contribution < 1.29 is 44.7 Å². The minimum absolute atomic E-state index is 0.109. The molecule has 0 saturated heterocycles. The molecule has 4 aromatic rings. The Bertz CT molecular complexity index is 1700. The quantitative estimate of drug-likeness (QED) is 0.203. The number of nitrogens with zero attached hydrogens (tertiary/aromatic N) is 1. The zero-order valence-corrected chi connectivity index (χ0v) is 22.7. The van der Waals surface area contributed by atoms with Gasteiger partial charge in [-0.3, -0.25) is 4.79 Å². The third-order valence-corrected chi connectivity index (χ3v) is 6.72. The van der Waals surface area contributed by atoms with E-state index < -0.39 is 69.5 Å². The fraction of sp³-hybridized carbons (Fsp3) is 0.188. The van der Waals surface area contributed by atoms with E-state index in [1.54, 1.807) is 36.4 Å². The molecule has 228 valence electrons. The average molecular weight is 619 g/mol. The maximum atomic E-state index is 14.9. The lowest BCUT2D eigenvalue weighted by molar-refractivity contribution is -0.138. The van der Waals surface area contributed by atoms with Gasteiger partial charge in [-0.2, -0.15) is 31.6 Å². The lowest BCUT2D eigenvalue weighted by Gasteiger charge is -2.37. The van der Waals surface area contributed by atoms with E-state index in [1.807, 2.05) is 0 Å². The van der Waals surface area contributed by atoms with Crippen molar-refractivity contribution in [2.75, 3.05) is 0 Å². The first-order valence-electron chi connectivity index (χ1n) is 12.9. The molecule has 4 rings (SSSR count). The summed E-state index contributed by atoms with van der Waals surface area (Å²) in [5, 5.41) is 11.7. The van der Waals surface area contributed by atoms with Gasteiger partial charge in [-0.15, -0.1) is 0 Å². The number of rotatable bonds is 8. The van der Waals surface area contributed by atoms with Gasteiger partial charge in [0.05, 0.1) is 16.7 Å². The van der Waals surface area contributed by atoms with Crippen LogP contribution in [0, 0.1) is 23.0 Å². The van der Waals surface area contributed by atoms with Crippen molar-refractivity contribution in [3.8, 4) is 11.8 Å². The molecule has 0 aliphatic rings. The van der Waals surface area contributed by atoms with Crippen LogP contribution in [0.4, 0.5) is 35.1 Å². The number of carbonyl (C=O) groups is 1. The van der Waals surface area contributed by atoms with Gasteiger partial charge in [0.2, 0.25) is 0 Å². The Hall–Kier alpha value is -4.92. The number of benzene rings is 4. The third-order valence-electron chi connectivity index (χ3n) is 6.72. The number of nitriles is 1. The van der Waals surface area contributed by atoms with E-state index in [0.717, 1.165) is 42.5 Å². The number of carbonyl (C=O) groups excluding carboxylic acids is 1. The predicted octanol–water partition coefficient (Wildman–Crippen LogP) is 8.21. The molecule has 0 aliphatic carbocycles. The second kappa shape index (κ2) is 12.4. The largest absolute Gasteiger partial charge is 0.473 e. The summed E-state index contributed by atoms with van der Waals surface area (Å²) in [7, 11) is 0. The second-order valence-electron chi connectivity index (χ2n) is 9.86. The standard InChI is InChI=1S/C32H22F8N2O2/c1-19(18-41)44-28-16-22(10-11-27(28)34)30(17-20-6-3-2-4-7-20,24-13-25(32(38,39)40)15-26(33)14-24)42-29(43)21-8-5-9-23(12-21)31(35,36)37/h2-16,19H,17H2,1H3,(H,42,43)/t19-,30-/m1/s1. The highest BCUT2D eigenvalue weighted by atomic mass is 19.4. The summed E-state index contributed by atoms with van der Waals surface area (Å²) in [6, 6.07) is 17.7. The molecule has 0 fully saturated rings. The van der Waals surface area contributed by atoms with Crippen LogP contribution in [-0.2, 0) is 24.3 Å². The van der Waals surface area contributed by atoms with Crippen LogP contribution in [0.1, 0.15) is 45.1 Å². The fourth-order valence-corrected chi connectivity index (χ4v) is 4.64. The minimum atomic E-state index is -5.03. The molecule has 12 heteroatoms. The Morgan fingerprint density at radius 1 is 0.795 bits per heavy atom. The predicted molar refractivity (Wildman–Crippen MR) is 143 cm³/mol. The smallest absolute Gasteiger partial charge is 0.416 e. The Morgan fingerprint density at radius 2 is 1.45 bits per heavy atom. The van der Waals surface area contributed by atoms with Crippen molar-refractivity contribution >= 4 is 5.91 Å². The summed E-state index contributed by atoms with van der Waals surface area (Å²) in [6.45, 7) is 1.31. The molecule has 2 atom stereocenters. The van der Waals surface area contributed by atoms with E-state index in [2.05, 4.69) is 5.32 Å². The summed E-state index contributed by atoms with van der Waals surface area (Å²) in [6.07, 6.45) is -11.4. The van der Waals surface area contributed by atoms with Crippen LogP contribution in [0.3, 0.4) is 0 Å². The summed E-state index contributed by atoms with van der Waals surface area (Å²) in [5.41, 5.74) is -5.35. The minimum Gasteiger partial charge on any atom is -0.473 e. The monoisotopic (exact) mass is 618 g/mol. The molecule has 1 N–H and O–H groups in total. The lowest BCUT2D eigenvalue weighted by Crippen LogP contribution is -2.49. The first-order chi connectivity index (χ1) is 20.6. The van der Waals surface area contributed by atoms with E-state index in [0.29, 0.717) is 17.7 Å². The molecule has 1 amide bonds. The molecule has 0 spiro atoms. The molecule has 0 saturated carbocycles. The van der Waals surface area contributed by atoms with Gasteiger partial charge in [0.25, 0.3) is 5.91 Å². The topological polar surface area (TPSA) is 62.1 Å². The fourth-order valence-electron chi connectivity index (χ4n) is 4.64. The van der Waals surface area contributed by atoms with Gasteiger partial charge in [0, 0.05) is 12.0 Å². The number of amides is 1. The highest BCUT2D eigenvalue weighted by Gasteiger charge is 2.41. The van der Waals surface area contributed by atoms with Gasteiger partial charge >= 0.3 is 12.4 Å². The number of hydrogen-bond acceptors (Lipinski definition) is 3. The third kappa shape index (κ3) is 7.16. The number of nitrogens with one attached hydrogen (secondary N) is 1. The maximum Gasteiger partial charge on any atom is 0.416 e. The van der Waals surface area contributed by atoms with Crippen molar-refractivity contribution in [1.82, 2.24) is 5.32 Å². The summed E-state index contributed by atoms with van der Waals surface area (Å²) in [5.74, 6) is -3.93. The zero-order valence-electron chi connectivity index (χ0n) is 22.7. The van der Waals surface area contributed by atoms with Gasteiger partial charge in [-0.25, -0.2) is 8.78 Å². The number of hydrogen-bond donors (Lipinski definition) is 1. The van der Waals surface area contributed by atoms with Gasteiger partial charge in [0.1, 0.15) is 11.9 Å². The summed E-state index contributed by atoms with van der Waals surface area (Å²) in [4.78, 5) is 13.7. The first-order valence-corrected chi connectivity index (χ1v) is 12.9. The molecule has 0 aliphatic heterocycles. The van der Waals surface area contributed by atoms with Crippen LogP contribution < -0.4 is 10.1 Å². The Labute approximate surface area is 246 Å². The van der Waals surface area contributed by atoms with Crippen molar-refractivity contribution in [1.29, 1.82) is 5.26 Å². The second-order valence-corrected chi connectivity index (χ2v) is 9.86. The molecular weight excluding hydrogens is 596 g/mol. The van der Waals surface area contributed by atoms with Gasteiger partial charge < -0.3 is 10.1 Å².